The van der Waals surface area contributed by atoms with E-state index in [0.29, 0.717) is 29.7 Å². The third-order valence-corrected chi connectivity index (χ3v) is 5.19. The van der Waals surface area contributed by atoms with Gasteiger partial charge in [-0.15, -0.1) is 0 Å². The number of anilines is 1. The van der Waals surface area contributed by atoms with Crippen LogP contribution in [0.5, 0.6) is 0 Å². The molecule has 0 unspecified atom stereocenters. The Labute approximate surface area is 158 Å². The zero-order chi connectivity index (χ0) is 20.2. The van der Waals surface area contributed by atoms with Crippen molar-refractivity contribution in [3.8, 4) is 0 Å². The van der Waals surface area contributed by atoms with Crippen molar-refractivity contribution in [2.45, 2.75) is 32.6 Å². The van der Waals surface area contributed by atoms with Crippen LogP contribution in [-0.4, -0.2) is 20.7 Å². The first-order valence-corrected chi connectivity index (χ1v) is 8.80. The van der Waals surface area contributed by atoms with Gasteiger partial charge in [-0.2, -0.15) is 0 Å². The summed E-state index contributed by atoms with van der Waals surface area (Å²) in [6, 6.07) is 5.77. The molecule has 0 radical (unpaired) electrons. The van der Waals surface area contributed by atoms with Crippen molar-refractivity contribution in [3.05, 3.63) is 77.6 Å². The van der Waals surface area contributed by atoms with Gasteiger partial charge in [0, 0.05) is 35.7 Å². The Balaban J connectivity index is 1.96. The lowest BCUT2D eigenvalue weighted by Gasteiger charge is -2.38. The average Bonchev–Trinajstić information content (AvgIpc) is 2.58. The largest absolute Gasteiger partial charge is 0.344 e. The van der Waals surface area contributed by atoms with E-state index in [-0.39, 0.29) is 28.3 Å². The highest BCUT2D eigenvalue weighted by atomic mass is 16.6. The molecule has 0 spiro atoms. The molecule has 1 aromatic heterocycles. The number of nitro benzene ring substituents is 1. The number of non-ortho nitro benzene ring substituents is 1. The normalized spacial score (nSPS) is 20.2. The van der Waals surface area contributed by atoms with Crippen LogP contribution < -0.4 is 16.6 Å². The van der Waals surface area contributed by atoms with Gasteiger partial charge in [-0.1, -0.05) is 26.0 Å². The Bertz CT molecular complexity index is 1150. The number of fused-ring (bicyclic) bond motifs is 1. The number of nitrogens with one attached hydrogen (secondary N) is 3. The molecule has 4 rings (SSSR count). The van der Waals surface area contributed by atoms with Crippen molar-refractivity contribution in [2.75, 3.05) is 5.32 Å². The minimum Gasteiger partial charge on any atom is -0.344 e. The van der Waals surface area contributed by atoms with E-state index < -0.39 is 22.1 Å². The van der Waals surface area contributed by atoms with E-state index in [1.54, 1.807) is 12.1 Å². The van der Waals surface area contributed by atoms with Crippen LogP contribution >= 0.6 is 0 Å². The highest BCUT2D eigenvalue weighted by molar-refractivity contribution is 6.01. The molecule has 2 aromatic rings. The van der Waals surface area contributed by atoms with Gasteiger partial charge >= 0.3 is 5.69 Å². The van der Waals surface area contributed by atoms with E-state index in [1.807, 2.05) is 13.8 Å². The molecule has 28 heavy (non-hydrogen) atoms. The third-order valence-electron chi connectivity index (χ3n) is 5.19. The van der Waals surface area contributed by atoms with Crippen LogP contribution in [0.25, 0.3) is 0 Å². The summed E-state index contributed by atoms with van der Waals surface area (Å²) in [5, 5.41) is 14.0. The summed E-state index contributed by atoms with van der Waals surface area (Å²) in [4.78, 5) is 52.6. The number of benzene rings is 1. The van der Waals surface area contributed by atoms with Gasteiger partial charge in [-0.3, -0.25) is 29.7 Å². The van der Waals surface area contributed by atoms with Crippen molar-refractivity contribution in [1.29, 1.82) is 0 Å². The number of nitrogens with zero attached hydrogens (tertiary/aromatic N) is 1. The molecule has 1 aromatic carbocycles. The van der Waals surface area contributed by atoms with Gasteiger partial charge in [0.15, 0.2) is 5.78 Å². The van der Waals surface area contributed by atoms with Crippen molar-refractivity contribution in [3.63, 3.8) is 0 Å². The second-order valence-electron chi connectivity index (χ2n) is 7.94. The Morgan fingerprint density at radius 1 is 1.07 bits per heavy atom. The third kappa shape index (κ3) is 2.84. The number of Topliss-reactive ketones (excluding diaryl/α,β-unsaturated/α-hetero) is 1. The minimum absolute atomic E-state index is 0.0846. The highest BCUT2D eigenvalue weighted by Gasteiger charge is 2.42. The first-order chi connectivity index (χ1) is 13.2. The molecular formula is C19H18N4O5. The van der Waals surface area contributed by atoms with Crippen molar-refractivity contribution in [1.82, 2.24) is 9.97 Å². The highest BCUT2D eigenvalue weighted by Crippen LogP contribution is 2.47. The fourth-order valence-corrected chi connectivity index (χ4v) is 4.07. The van der Waals surface area contributed by atoms with E-state index in [1.165, 1.54) is 12.1 Å². The quantitative estimate of drug-likeness (QED) is 0.537. The van der Waals surface area contributed by atoms with Gasteiger partial charge in [-0.05, 0) is 17.4 Å². The van der Waals surface area contributed by atoms with Gasteiger partial charge in [0.2, 0.25) is 0 Å². The van der Waals surface area contributed by atoms with Crippen LogP contribution in [0.2, 0.25) is 0 Å². The van der Waals surface area contributed by atoms with Crippen LogP contribution in [-0.2, 0) is 4.79 Å². The van der Waals surface area contributed by atoms with E-state index in [0.717, 1.165) is 0 Å². The predicted molar refractivity (Wildman–Crippen MR) is 101 cm³/mol. The molecule has 9 nitrogen and oxygen atoms in total. The Morgan fingerprint density at radius 3 is 2.39 bits per heavy atom. The lowest BCUT2D eigenvalue weighted by Crippen LogP contribution is -2.38. The maximum absolute atomic E-state index is 13.0. The molecule has 0 bridgehead atoms. The Kier molecular flexibility index (Phi) is 3.84. The van der Waals surface area contributed by atoms with E-state index >= 15 is 0 Å². The Hall–Kier alpha value is -3.49. The molecule has 1 aliphatic heterocycles. The summed E-state index contributed by atoms with van der Waals surface area (Å²) in [5.41, 5.74) is 0.340. The second kappa shape index (κ2) is 6.01. The first-order valence-electron chi connectivity index (χ1n) is 8.80. The van der Waals surface area contributed by atoms with E-state index in [4.69, 9.17) is 0 Å². The molecule has 1 atom stereocenters. The molecule has 3 N–H and O–H groups in total. The molecule has 1 aliphatic carbocycles. The summed E-state index contributed by atoms with van der Waals surface area (Å²) in [6.07, 6.45) is 0.902. The van der Waals surface area contributed by atoms with Gasteiger partial charge in [-0.25, -0.2) is 4.79 Å². The molecule has 0 fully saturated rings. The SMILES string of the molecule is CC1(C)CC(=O)C2=C(C1)Nc1[nH]c(=O)[nH]c(=O)c1[C@@H]2c1ccc([N+](=O)[O-])cc1. The number of rotatable bonds is 2. The van der Waals surface area contributed by atoms with Crippen LogP contribution in [0, 0.1) is 15.5 Å². The molecule has 0 saturated carbocycles. The van der Waals surface area contributed by atoms with Crippen molar-refractivity contribution in [2.24, 2.45) is 5.41 Å². The fraction of sp³-hybridized carbons (Fsp3) is 0.316. The van der Waals surface area contributed by atoms with Crippen LogP contribution in [0.3, 0.4) is 0 Å². The van der Waals surface area contributed by atoms with Crippen LogP contribution in [0.4, 0.5) is 11.5 Å². The summed E-state index contributed by atoms with van der Waals surface area (Å²) < 4.78 is 0. The van der Waals surface area contributed by atoms with Gasteiger partial charge in [0.25, 0.3) is 11.2 Å². The molecule has 2 aliphatic rings. The maximum Gasteiger partial charge on any atom is 0.327 e. The molecular weight excluding hydrogens is 364 g/mol. The molecule has 144 valence electrons. The fourth-order valence-electron chi connectivity index (χ4n) is 4.07. The predicted octanol–water partition coefficient (Wildman–Crippen LogP) is 2.17. The summed E-state index contributed by atoms with van der Waals surface area (Å²) in [7, 11) is 0. The monoisotopic (exact) mass is 382 g/mol. The summed E-state index contributed by atoms with van der Waals surface area (Å²) >= 11 is 0. The van der Waals surface area contributed by atoms with Crippen LogP contribution in [0.1, 0.15) is 43.7 Å². The number of aromatic amines is 2. The lowest BCUT2D eigenvalue weighted by molar-refractivity contribution is -0.384. The van der Waals surface area contributed by atoms with Gasteiger partial charge in [0.1, 0.15) is 5.82 Å². The van der Waals surface area contributed by atoms with Gasteiger partial charge < -0.3 is 5.32 Å². The van der Waals surface area contributed by atoms with Gasteiger partial charge in [0.05, 0.1) is 10.5 Å². The number of nitro groups is 1. The topological polar surface area (TPSA) is 138 Å². The number of hydrogen-bond donors (Lipinski definition) is 3. The number of ketones is 1. The Morgan fingerprint density at radius 2 is 1.75 bits per heavy atom. The number of carbonyl (C=O) groups excluding carboxylic acids is 1. The smallest absolute Gasteiger partial charge is 0.327 e. The molecule has 9 heteroatoms. The maximum atomic E-state index is 13.0. The second-order valence-corrected chi connectivity index (χ2v) is 7.94. The molecule has 2 heterocycles. The van der Waals surface area contributed by atoms with E-state index in [9.17, 15) is 24.5 Å². The lowest BCUT2D eigenvalue weighted by atomic mass is 9.69. The van der Waals surface area contributed by atoms with Crippen molar-refractivity contribution >= 4 is 17.3 Å². The standard InChI is InChI=1S/C19H18N4O5/c1-19(2)7-11-14(12(24)8-19)13(9-3-5-10(6-4-9)23(27)28)15-16(20-11)21-18(26)22-17(15)25/h3-6,13H,7-8H2,1-2H3,(H3,20,21,22,25,26)/t13-/m1/s1. The first kappa shape index (κ1) is 17.9. The number of carbonyl (C=O) groups is 1. The van der Waals surface area contributed by atoms with Crippen LogP contribution in [0.15, 0.2) is 45.1 Å². The number of allylic oxidation sites excluding steroid dienone is 2. The molecule has 0 saturated heterocycles. The van der Waals surface area contributed by atoms with E-state index in [2.05, 4.69) is 15.3 Å². The number of H-pyrrole nitrogens is 2. The number of hydrogen-bond acceptors (Lipinski definition) is 6. The summed E-state index contributed by atoms with van der Waals surface area (Å²) in [6.45, 7) is 3.96. The zero-order valence-corrected chi connectivity index (χ0v) is 15.3. The molecule has 0 amide bonds. The minimum atomic E-state index is -0.712. The van der Waals surface area contributed by atoms with Crippen molar-refractivity contribution < 1.29 is 9.72 Å². The number of aromatic nitrogens is 2. The average molecular weight is 382 g/mol. The zero-order valence-electron chi connectivity index (χ0n) is 15.3. The summed E-state index contributed by atoms with van der Waals surface area (Å²) in [5.74, 6) is -0.545.